The van der Waals surface area contributed by atoms with E-state index in [-0.39, 0.29) is 12.3 Å². The van der Waals surface area contributed by atoms with E-state index in [4.69, 9.17) is 0 Å². The van der Waals surface area contributed by atoms with Crippen LogP contribution >= 0.6 is 11.3 Å². The normalized spacial score (nSPS) is 23.8. The molecular formula is C10H14F2N2O2S2. The predicted molar refractivity (Wildman–Crippen MR) is 65.0 cm³/mol. The smallest absolute Gasteiger partial charge is 0.241 e. The van der Waals surface area contributed by atoms with Crippen molar-refractivity contribution in [1.29, 1.82) is 0 Å². The summed E-state index contributed by atoms with van der Waals surface area (Å²) in [6, 6.07) is 0. The molecule has 18 heavy (non-hydrogen) atoms. The molecule has 0 saturated heterocycles. The lowest BCUT2D eigenvalue weighted by atomic mass is 10.4. The van der Waals surface area contributed by atoms with Gasteiger partial charge in [0.2, 0.25) is 16.4 Å². The number of aromatic nitrogens is 1. The van der Waals surface area contributed by atoms with E-state index in [2.05, 4.69) is 4.98 Å². The van der Waals surface area contributed by atoms with Crippen LogP contribution in [-0.2, 0) is 16.6 Å². The number of rotatable bonds is 6. The summed E-state index contributed by atoms with van der Waals surface area (Å²) in [7, 11) is -2.02. The number of thiazole rings is 1. The molecule has 1 fully saturated rings. The van der Waals surface area contributed by atoms with Gasteiger partial charge in [0.25, 0.3) is 0 Å². The summed E-state index contributed by atoms with van der Waals surface area (Å²) in [5, 5.41) is 1.77. The van der Waals surface area contributed by atoms with Crippen LogP contribution in [0.4, 0.5) is 8.78 Å². The van der Waals surface area contributed by atoms with Crippen LogP contribution in [0.1, 0.15) is 12.1 Å². The van der Waals surface area contributed by atoms with E-state index >= 15 is 0 Å². The molecule has 0 amide bonds. The third-order valence-electron chi connectivity index (χ3n) is 3.07. The van der Waals surface area contributed by atoms with E-state index in [0.717, 1.165) is 0 Å². The molecule has 1 aliphatic rings. The largest absolute Gasteiger partial charge is 0.248 e. The minimum atomic E-state index is -3.47. The first kappa shape index (κ1) is 13.8. The Bertz CT molecular complexity index is 490. The summed E-state index contributed by atoms with van der Waals surface area (Å²) in [5.41, 5.74) is 2.30. The molecule has 8 heteroatoms. The van der Waals surface area contributed by atoms with Crippen LogP contribution in [0.3, 0.4) is 0 Å². The van der Waals surface area contributed by atoms with Crippen LogP contribution in [0.5, 0.6) is 0 Å². The van der Waals surface area contributed by atoms with Gasteiger partial charge in [0.1, 0.15) is 0 Å². The topological polar surface area (TPSA) is 50.3 Å². The number of alkyl halides is 2. The first-order valence-electron chi connectivity index (χ1n) is 5.49. The molecular weight excluding hydrogens is 282 g/mol. The quantitative estimate of drug-likeness (QED) is 0.804. The fourth-order valence-electron chi connectivity index (χ4n) is 1.81. The van der Waals surface area contributed by atoms with Gasteiger partial charge in [0, 0.05) is 18.3 Å². The standard InChI is InChI=1S/C10H14F2N2O2S2/c1-14(3-8-4-17-6-13-8)18(15,16)5-7-2-9(7)10(11)12/h4,6-7,9-10H,2-3,5H2,1H3/t7-,9+/m0/s1. The molecule has 1 heterocycles. The molecule has 0 unspecified atom stereocenters. The first-order chi connectivity index (χ1) is 8.40. The third kappa shape index (κ3) is 3.24. The number of hydrogen-bond donors (Lipinski definition) is 0. The van der Waals surface area contributed by atoms with Crippen molar-refractivity contribution in [1.82, 2.24) is 9.29 Å². The Hall–Kier alpha value is -0.600. The Morgan fingerprint density at radius 2 is 2.33 bits per heavy atom. The Kier molecular flexibility index (Phi) is 3.98. The van der Waals surface area contributed by atoms with Gasteiger partial charge in [-0.25, -0.2) is 22.2 Å². The minimum Gasteiger partial charge on any atom is -0.248 e. The molecule has 0 aliphatic heterocycles. The van der Waals surface area contributed by atoms with Gasteiger partial charge < -0.3 is 0 Å². The van der Waals surface area contributed by atoms with E-state index in [1.807, 2.05) is 0 Å². The molecule has 1 aromatic rings. The van der Waals surface area contributed by atoms with Crippen LogP contribution < -0.4 is 0 Å². The second-order valence-corrected chi connectivity index (χ2v) is 7.35. The molecule has 1 saturated carbocycles. The van der Waals surface area contributed by atoms with Crippen molar-refractivity contribution in [3.63, 3.8) is 0 Å². The summed E-state index contributed by atoms with van der Waals surface area (Å²) >= 11 is 1.39. The van der Waals surface area contributed by atoms with E-state index < -0.39 is 28.3 Å². The summed E-state index contributed by atoms with van der Waals surface area (Å²) in [6.45, 7) is 0.192. The zero-order chi connectivity index (χ0) is 13.3. The average Bonchev–Trinajstić information content (AvgIpc) is 2.84. The van der Waals surface area contributed by atoms with Crippen LogP contribution in [-0.4, -0.2) is 36.9 Å². The molecule has 0 bridgehead atoms. The average molecular weight is 296 g/mol. The minimum absolute atomic E-state index is 0.192. The van der Waals surface area contributed by atoms with Gasteiger partial charge in [0.05, 0.1) is 23.5 Å². The van der Waals surface area contributed by atoms with Gasteiger partial charge in [-0.1, -0.05) is 0 Å². The number of hydrogen-bond acceptors (Lipinski definition) is 4. The number of nitrogens with zero attached hydrogens (tertiary/aromatic N) is 2. The van der Waals surface area contributed by atoms with Gasteiger partial charge in [-0.3, -0.25) is 0 Å². The lowest BCUT2D eigenvalue weighted by Gasteiger charge is -2.15. The van der Waals surface area contributed by atoms with Crippen molar-refractivity contribution in [2.45, 2.75) is 19.4 Å². The van der Waals surface area contributed by atoms with Crippen LogP contribution in [0.15, 0.2) is 10.9 Å². The Balaban J connectivity index is 1.91. The molecule has 2 rings (SSSR count). The second kappa shape index (κ2) is 5.18. The summed E-state index contributed by atoms with van der Waals surface area (Å²) in [5.74, 6) is -1.33. The third-order valence-corrected chi connectivity index (χ3v) is 5.63. The van der Waals surface area contributed by atoms with E-state index in [9.17, 15) is 17.2 Å². The summed E-state index contributed by atoms with van der Waals surface area (Å²) in [6.07, 6.45) is -2.10. The first-order valence-corrected chi connectivity index (χ1v) is 8.04. The lowest BCUT2D eigenvalue weighted by molar-refractivity contribution is 0.117. The lowest BCUT2D eigenvalue weighted by Crippen LogP contribution is -2.30. The van der Waals surface area contributed by atoms with Crippen molar-refractivity contribution in [2.75, 3.05) is 12.8 Å². The molecule has 1 aliphatic carbocycles. The maximum Gasteiger partial charge on any atom is 0.241 e. The highest BCUT2D eigenvalue weighted by Crippen LogP contribution is 2.44. The number of halogens is 2. The maximum absolute atomic E-state index is 12.3. The summed E-state index contributed by atoms with van der Waals surface area (Å²) in [4.78, 5) is 4.00. The van der Waals surface area contributed by atoms with Crippen molar-refractivity contribution in [3.8, 4) is 0 Å². The highest BCUT2D eigenvalue weighted by Gasteiger charge is 2.46. The molecule has 0 spiro atoms. The SMILES string of the molecule is CN(Cc1cscn1)S(=O)(=O)C[C@@H]1C[C@H]1C(F)F. The van der Waals surface area contributed by atoms with Gasteiger partial charge >= 0.3 is 0 Å². The van der Waals surface area contributed by atoms with Gasteiger partial charge in [-0.05, 0) is 12.3 Å². The Morgan fingerprint density at radius 3 is 2.83 bits per heavy atom. The Labute approximate surface area is 109 Å². The molecule has 0 N–H and O–H groups in total. The van der Waals surface area contributed by atoms with Gasteiger partial charge in [-0.2, -0.15) is 4.31 Å². The van der Waals surface area contributed by atoms with Crippen LogP contribution in [0, 0.1) is 11.8 Å². The maximum atomic E-state index is 12.3. The van der Waals surface area contributed by atoms with Crippen LogP contribution in [0.25, 0.3) is 0 Å². The van der Waals surface area contributed by atoms with Crippen molar-refractivity contribution >= 4 is 21.4 Å². The van der Waals surface area contributed by atoms with E-state index in [0.29, 0.717) is 12.1 Å². The fourth-order valence-corrected chi connectivity index (χ4v) is 3.87. The van der Waals surface area contributed by atoms with Crippen molar-refractivity contribution < 1.29 is 17.2 Å². The second-order valence-electron chi connectivity index (χ2n) is 4.51. The van der Waals surface area contributed by atoms with Gasteiger partial charge in [0.15, 0.2) is 0 Å². The zero-order valence-corrected chi connectivity index (χ0v) is 11.4. The molecule has 102 valence electrons. The summed E-state index contributed by atoms with van der Waals surface area (Å²) < 4.78 is 49.7. The molecule has 2 atom stereocenters. The van der Waals surface area contributed by atoms with Gasteiger partial charge in [-0.15, -0.1) is 11.3 Å². The Morgan fingerprint density at radius 1 is 1.61 bits per heavy atom. The molecule has 1 aromatic heterocycles. The fraction of sp³-hybridized carbons (Fsp3) is 0.700. The zero-order valence-electron chi connectivity index (χ0n) is 9.79. The monoisotopic (exact) mass is 296 g/mol. The van der Waals surface area contributed by atoms with Crippen LogP contribution in [0.2, 0.25) is 0 Å². The predicted octanol–water partition coefficient (Wildman–Crippen LogP) is 1.81. The highest BCUT2D eigenvalue weighted by atomic mass is 32.2. The van der Waals surface area contributed by atoms with Crippen molar-refractivity contribution in [2.24, 2.45) is 11.8 Å². The van der Waals surface area contributed by atoms with Crippen molar-refractivity contribution in [3.05, 3.63) is 16.6 Å². The number of sulfonamides is 1. The molecule has 0 radical (unpaired) electrons. The molecule has 0 aromatic carbocycles. The van der Waals surface area contributed by atoms with E-state index in [1.54, 1.807) is 10.9 Å². The van der Waals surface area contributed by atoms with E-state index in [1.165, 1.54) is 22.7 Å². The highest BCUT2D eigenvalue weighted by molar-refractivity contribution is 7.89. The molecule has 4 nitrogen and oxygen atoms in total.